The van der Waals surface area contributed by atoms with Gasteiger partial charge in [0.25, 0.3) is 5.91 Å². The number of carbonyl (C=O) groups is 1. The highest BCUT2D eigenvalue weighted by Crippen LogP contribution is 2.43. The number of ether oxygens (including phenoxy) is 1. The van der Waals surface area contributed by atoms with E-state index in [0.717, 1.165) is 28.3 Å². The van der Waals surface area contributed by atoms with E-state index < -0.39 is 21.5 Å². The van der Waals surface area contributed by atoms with Gasteiger partial charge in [-0.1, -0.05) is 6.07 Å². The van der Waals surface area contributed by atoms with E-state index in [1.54, 1.807) is 19.1 Å². The first-order valence-corrected chi connectivity index (χ1v) is 11.4. The summed E-state index contributed by atoms with van der Waals surface area (Å²) >= 11 is 0. The minimum atomic E-state index is -3.59. The fourth-order valence-corrected chi connectivity index (χ4v) is 5.60. The van der Waals surface area contributed by atoms with Crippen LogP contribution in [0.15, 0.2) is 29.4 Å². The van der Waals surface area contributed by atoms with E-state index in [4.69, 9.17) is 10.5 Å². The minimum absolute atomic E-state index is 0.0299. The van der Waals surface area contributed by atoms with Crippen molar-refractivity contribution in [1.29, 1.82) is 0 Å². The van der Waals surface area contributed by atoms with Crippen LogP contribution >= 0.6 is 0 Å². The van der Waals surface area contributed by atoms with Gasteiger partial charge in [-0.05, 0) is 49.4 Å². The van der Waals surface area contributed by atoms with Crippen LogP contribution in [-0.2, 0) is 22.0 Å². The van der Waals surface area contributed by atoms with Crippen molar-refractivity contribution >= 4 is 27.6 Å². The van der Waals surface area contributed by atoms with E-state index in [1.807, 2.05) is 6.07 Å². The summed E-state index contributed by atoms with van der Waals surface area (Å²) in [5, 5.41) is 2.83. The number of nitrogens with one attached hydrogen (secondary N) is 1. The number of amides is 1. The van der Waals surface area contributed by atoms with Crippen LogP contribution in [-0.4, -0.2) is 54.5 Å². The molecule has 1 aliphatic heterocycles. The van der Waals surface area contributed by atoms with Crippen LogP contribution < -0.4 is 15.8 Å². The summed E-state index contributed by atoms with van der Waals surface area (Å²) in [6.45, 7) is 1.67. The van der Waals surface area contributed by atoms with Crippen molar-refractivity contribution in [1.82, 2.24) is 14.3 Å². The second kappa shape index (κ2) is 7.49. The maximum atomic E-state index is 12.8. The van der Waals surface area contributed by atoms with Crippen LogP contribution in [0.4, 0.5) is 5.69 Å². The topological polar surface area (TPSA) is 140 Å². The van der Waals surface area contributed by atoms with Gasteiger partial charge in [0.15, 0.2) is 0 Å². The molecule has 2 heterocycles. The maximum absolute atomic E-state index is 12.8. The number of nitrogens with zero attached hydrogens (tertiary/aromatic N) is 4. The van der Waals surface area contributed by atoms with Crippen LogP contribution in [0.25, 0.3) is 0 Å². The Morgan fingerprint density at radius 2 is 2.13 bits per heavy atom. The van der Waals surface area contributed by atoms with Gasteiger partial charge in [0.1, 0.15) is 11.2 Å². The van der Waals surface area contributed by atoms with Crippen molar-refractivity contribution in [2.75, 3.05) is 25.2 Å². The summed E-state index contributed by atoms with van der Waals surface area (Å²) in [5.74, 6) is -0.289. The Morgan fingerprint density at radius 3 is 2.81 bits per heavy atom. The number of nitrogens with two attached hydrogens (primary N) is 1. The Morgan fingerprint density at radius 1 is 1.35 bits per heavy atom. The first-order chi connectivity index (χ1) is 14.6. The molecule has 1 aromatic carbocycles. The molecule has 1 aromatic heterocycles. The zero-order chi connectivity index (χ0) is 22.4. The lowest BCUT2D eigenvalue weighted by molar-refractivity contribution is 0.102. The lowest BCUT2D eigenvalue weighted by Gasteiger charge is -2.40. The summed E-state index contributed by atoms with van der Waals surface area (Å²) < 4.78 is 31.4. The van der Waals surface area contributed by atoms with E-state index in [0.29, 0.717) is 23.7 Å². The van der Waals surface area contributed by atoms with Crippen molar-refractivity contribution in [3.05, 3.63) is 46.9 Å². The Balaban J connectivity index is 1.70. The first kappa shape index (κ1) is 21.0. The molecule has 0 fully saturated rings. The Kier molecular flexibility index (Phi) is 5.08. The van der Waals surface area contributed by atoms with Crippen LogP contribution in [0.3, 0.4) is 0 Å². The summed E-state index contributed by atoms with van der Waals surface area (Å²) in [5.41, 5.74) is 7.90. The number of guanidine groups is 1. The van der Waals surface area contributed by atoms with E-state index in [-0.39, 0.29) is 17.4 Å². The molecule has 3 N–H and O–H groups in total. The largest absolute Gasteiger partial charge is 0.480 e. The van der Waals surface area contributed by atoms with Crippen molar-refractivity contribution in [2.45, 2.75) is 31.7 Å². The highest BCUT2D eigenvalue weighted by atomic mass is 32.2. The molecule has 11 heteroatoms. The number of hydrogen-bond acceptors (Lipinski definition) is 8. The third-order valence-electron chi connectivity index (χ3n) is 5.74. The quantitative estimate of drug-likeness (QED) is 0.724. The molecule has 0 radical (unpaired) electrons. The highest BCUT2D eigenvalue weighted by molar-refractivity contribution is 7.89. The summed E-state index contributed by atoms with van der Waals surface area (Å²) in [4.78, 5) is 25.7. The molecule has 1 spiro atoms. The van der Waals surface area contributed by atoms with Gasteiger partial charge in [0, 0.05) is 12.7 Å². The van der Waals surface area contributed by atoms with E-state index in [2.05, 4.69) is 20.3 Å². The molecule has 31 heavy (non-hydrogen) atoms. The number of rotatable bonds is 3. The third kappa shape index (κ3) is 3.69. The molecule has 2 aromatic rings. The average Bonchev–Trinajstić information content (AvgIpc) is 2.72. The Hall–Kier alpha value is -3.21. The normalized spacial score (nSPS) is 21.9. The highest BCUT2D eigenvalue weighted by Gasteiger charge is 2.46. The van der Waals surface area contributed by atoms with Gasteiger partial charge in [0.05, 0.1) is 24.8 Å². The second-order valence-corrected chi connectivity index (χ2v) is 9.75. The first-order valence-electron chi connectivity index (χ1n) is 9.79. The number of aromatic nitrogens is 2. The smallest absolute Gasteiger partial charge is 0.276 e. The molecule has 164 valence electrons. The molecule has 10 nitrogen and oxygen atoms in total. The summed E-state index contributed by atoms with van der Waals surface area (Å²) in [6, 6.07) is 5.48. The van der Waals surface area contributed by atoms with E-state index >= 15 is 0 Å². The van der Waals surface area contributed by atoms with Crippen molar-refractivity contribution < 1.29 is 17.9 Å². The number of benzene rings is 1. The standard InChI is InChI=1S/C20H24N6O4S/c1-12-17(22-10-16(23-12)30-3)18(27)24-14-7-6-13-5-4-8-20(15(13)9-14)11-31(28,29)26(2)19(21)25-20/h6-7,9-10H,4-5,8,11H2,1-3H3,(H2,21,25)(H,24,27)/t20-/m0/s1. The number of aryl methyl sites for hydroxylation is 2. The number of carbonyl (C=O) groups excluding carboxylic acids is 1. The van der Waals surface area contributed by atoms with Gasteiger partial charge in [-0.15, -0.1) is 0 Å². The number of aliphatic imine (C=N–C) groups is 1. The van der Waals surface area contributed by atoms with Gasteiger partial charge in [-0.25, -0.2) is 27.7 Å². The molecule has 1 atom stereocenters. The lowest BCUT2D eigenvalue weighted by atomic mass is 9.77. The van der Waals surface area contributed by atoms with Gasteiger partial charge < -0.3 is 15.8 Å². The van der Waals surface area contributed by atoms with Crippen LogP contribution in [0.2, 0.25) is 0 Å². The fourth-order valence-electron chi connectivity index (χ4n) is 4.11. The van der Waals surface area contributed by atoms with E-state index in [9.17, 15) is 13.2 Å². The Bertz CT molecular complexity index is 1200. The number of methoxy groups -OCH3 is 1. The number of sulfonamides is 1. The molecule has 0 saturated carbocycles. The van der Waals surface area contributed by atoms with Crippen molar-refractivity contribution in [3.8, 4) is 5.88 Å². The molecule has 0 saturated heterocycles. The minimum Gasteiger partial charge on any atom is -0.480 e. The monoisotopic (exact) mass is 444 g/mol. The van der Waals surface area contributed by atoms with Crippen molar-refractivity contribution in [2.24, 2.45) is 10.7 Å². The lowest BCUT2D eigenvalue weighted by Crippen LogP contribution is -2.52. The zero-order valence-electron chi connectivity index (χ0n) is 17.5. The molecule has 0 unspecified atom stereocenters. The number of hydrogen-bond donors (Lipinski definition) is 2. The predicted octanol–water partition coefficient (Wildman–Crippen LogP) is 1.17. The van der Waals surface area contributed by atoms with Gasteiger partial charge in [-0.3, -0.25) is 4.79 Å². The molecule has 4 rings (SSSR count). The fraction of sp³-hybridized carbons (Fsp3) is 0.400. The molecule has 0 bridgehead atoms. The molecule has 1 amide bonds. The molecular formula is C20H24N6O4S. The SMILES string of the molecule is COc1cnc(C(=O)Nc2ccc3c(c2)[C@]2(CCC3)CS(=O)(=O)N(C)C(N)=N2)c(C)n1. The number of fused-ring (bicyclic) bond motifs is 2. The second-order valence-electron chi connectivity index (χ2n) is 7.75. The molecule has 2 aliphatic rings. The van der Waals surface area contributed by atoms with Gasteiger partial charge in [-0.2, -0.15) is 0 Å². The Labute approximate surface area is 180 Å². The van der Waals surface area contributed by atoms with Crippen molar-refractivity contribution in [3.63, 3.8) is 0 Å². The molecular weight excluding hydrogens is 420 g/mol. The molecule has 1 aliphatic carbocycles. The van der Waals surface area contributed by atoms with Crippen LogP contribution in [0, 0.1) is 6.92 Å². The number of anilines is 1. The average molecular weight is 445 g/mol. The van der Waals surface area contributed by atoms with Crippen LogP contribution in [0.5, 0.6) is 5.88 Å². The summed E-state index contributed by atoms with van der Waals surface area (Å²) in [6.07, 6.45) is 3.55. The predicted molar refractivity (Wildman–Crippen MR) is 116 cm³/mol. The van der Waals surface area contributed by atoms with Gasteiger partial charge in [0.2, 0.25) is 21.9 Å². The zero-order valence-corrected chi connectivity index (χ0v) is 18.4. The van der Waals surface area contributed by atoms with E-state index in [1.165, 1.54) is 20.4 Å². The summed E-state index contributed by atoms with van der Waals surface area (Å²) in [7, 11) is -0.713. The van der Waals surface area contributed by atoms with Crippen LogP contribution in [0.1, 0.15) is 40.2 Å². The third-order valence-corrected chi connectivity index (χ3v) is 7.61. The van der Waals surface area contributed by atoms with Gasteiger partial charge >= 0.3 is 0 Å². The maximum Gasteiger partial charge on any atom is 0.276 e.